The van der Waals surface area contributed by atoms with Crippen LogP contribution >= 0.6 is 0 Å². The van der Waals surface area contributed by atoms with Crippen molar-refractivity contribution < 1.29 is 4.74 Å². The van der Waals surface area contributed by atoms with E-state index in [9.17, 15) is 0 Å². The van der Waals surface area contributed by atoms with Crippen LogP contribution < -0.4 is 4.74 Å². The number of hydrogen-bond donors (Lipinski definition) is 0. The van der Waals surface area contributed by atoms with Crippen LogP contribution in [-0.4, -0.2) is 33.1 Å². The van der Waals surface area contributed by atoms with E-state index in [1.165, 1.54) is 5.71 Å². The number of aromatic nitrogens is 3. The minimum absolute atomic E-state index is 0.106. The summed E-state index contributed by atoms with van der Waals surface area (Å²) in [4.78, 5) is 9.13. The summed E-state index contributed by atoms with van der Waals surface area (Å²) in [6.45, 7) is 7.15. The lowest BCUT2D eigenvalue weighted by molar-refractivity contribution is 0.158. The minimum atomic E-state index is 0.106. The molecule has 0 amide bonds. The quantitative estimate of drug-likeness (QED) is 0.868. The molecule has 0 spiro atoms. The number of pyridine rings is 1. The standard InChI is InChI=1S/C16H22N4O/c1-5-13-7-15-14(9-20(4)19-15)16(18-13)21-11(3)12-6-10(2)17-8-12/h7,9,11-12H,5-6,8H2,1-4H3. The third-order valence-corrected chi connectivity index (χ3v) is 4.11. The van der Waals surface area contributed by atoms with Gasteiger partial charge in [-0.3, -0.25) is 9.67 Å². The third kappa shape index (κ3) is 2.77. The van der Waals surface area contributed by atoms with Gasteiger partial charge in [-0.05, 0) is 32.8 Å². The molecular formula is C16H22N4O. The molecule has 0 N–H and O–H groups in total. The molecule has 0 aliphatic carbocycles. The van der Waals surface area contributed by atoms with Crippen LogP contribution in [0.25, 0.3) is 10.9 Å². The maximum atomic E-state index is 6.18. The zero-order valence-electron chi connectivity index (χ0n) is 13.1. The van der Waals surface area contributed by atoms with Gasteiger partial charge in [0.2, 0.25) is 5.88 Å². The number of hydrogen-bond acceptors (Lipinski definition) is 4. The monoisotopic (exact) mass is 286 g/mol. The zero-order chi connectivity index (χ0) is 15.0. The molecule has 3 heterocycles. The van der Waals surface area contributed by atoms with E-state index in [-0.39, 0.29) is 6.10 Å². The van der Waals surface area contributed by atoms with E-state index in [4.69, 9.17) is 4.74 Å². The maximum absolute atomic E-state index is 6.18. The number of fused-ring (bicyclic) bond motifs is 1. The summed E-state index contributed by atoms with van der Waals surface area (Å²) in [7, 11) is 1.92. The summed E-state index contributed by atoms with van der Waals surface area (Å²) in [6, 6.07) is 2.04. The molecule has 0 radical (unpaired) electrons. The molecule has 2 aromatic heterocycles. The Hall–Kier alpha value is -1.91. The Morgan fingerprint density at radius 2 is 2.29 bits per heavy atom. The van der Waals surface area contributed by atoms with E-state index in [0.717, 1.165) is 36.0 Å². The predicted molar refractivity (Wildman–Crippen MR) is 84.1 cm³/mol. The van der Waals surface area contributed by atoms with E-state index < -0.39 is 0 Å². The fraction of sp³-hybridized carbons (Fsp3) is 0.562. The van der Waals surface area contributed by atoms with E-state index in [0.29, 0.717) is 11.8 Å². The Morgan fingerprint density at radius 1 is 1.48 bits per heavy atom. The van der Waals surface area contributed by atoms with Crippen LogP contribution in [0.15, 0.2) is 17.3 Å². The molecule has 1 aliphatic heterocycles. The number of aryl methyl sites for hydroxylation is 2. The summed E-state index contributed by atoms with van der Waals surface area (Å²) < 4.78 is 7.99. The number of ether oxygens (including phenoxy) is 1. The molecule has 112 valence electrons. The van der Waals surface area contributed by atoms with Crippen molar-refractivity contribution in [1.82, 2.24) is 14.8 Å². The van der Waals surface area contributed by atoms with Crippen molar-refractivity contribution in [3.63, 3.8) is 0 Å². The molecule has 2 unspecified atom stereocenters. The lowest BCUT2D eigenvalue weighted by atomic mass is 10.0. The van der Waals surface area contributed by atoms with Gasteiger partial charge in [0.1, 0.15) is 6.10 Å². The van der Waals surface area contributed by atoms with Gasteiger partial charge in [0.25, 0.3) is 0 Å². The molecule has 3 rings (SSSR count). The predicted octanol–water partition coefficient (Wildman–Crippen LogP) is 2.78. The van der Waals surface area contributed by atoms with Crippen molar-refractivity contribution >= 4 is 16.6 Å². The van der Waals surface area contributed by atoms with Crippen molar-refractivity contribution in [1.29, 1.82) is 0 Å². The highest BCUT2D eigenvalue weighted by Crippen LogP contribution is 2.27. The van der Waals surface area contributed by atoms with Gasteiger partial charge in [0, 0.05) is 37.1 Å². The van der Waals surface area contributed by atoms with Gasteiger partial charge in [-0.25, -0.2) is 4.98 Å². The fourth-order valence-electron chi connectivity index (χ4n) is 2.80. The average Bonchev–Trinajstić information content (AvgIpc) is 3.03. The van der Waals surface area contributed by atoms with Crippen LogP contribution in [0.3, 0.4) is 0 Å². The Kier molecular flexibility index (Phi) is 3.66. The number of aliphatic imine (C=N–C) groups is 1. The van der Waals surface area contributed by atoms with Crippen LogP contribution in [0.5, 0.6) is 5.88 Å². The Balaban J connectivity index is 1.88. The summed E-state index contributed by atoms with van der Waals surface area (Å²) in [6.07, 6.45) is 3.97. The molecule has 0 aromatic carbocycles. The smallest absolute Gasteiger partial charge is 0.225 e. The van der Waals surface area contributed by atoms with Crippen molar-refractivity contribution in [2.75, 3.05) is 6.54 Å². The first kappa shape index (κ1) is 14.0. The Morgan fingerprint density at radius 3 is 2.95 bits per heavy atom. The van der Waals surface area contributed by atoms with Gasteiger partial charge in [0.05, 0.1) is 10.9 Å². The molecule has 0 saturated heterocycles. The highest BCUT2D eigenvalue weighted by atomic mass is 16.5. The lowest BCUT2D eigenvalue weighted by Gasteiger charge is -2.20. The summed E-state index contributed by atoms with van der Waals surface area (Å²) in [5, 5.41) is 5.46. The average molecular weight is 286 g/mol. The molecule has 5 heteroatoms. The molecule has 1 aliphatic rings. The minimum Gasteiger partial charge on any atom is -0.474 e. The van der Waals surface area contributed by atoms with Crippen LogP contribution in [0.1, 0.15) is 32.9 Å². The second kappa shape index (κ2) is 5.47. The normalized spacial score (nSPS) is 19.8. The van der Waals surface area contributed by atoms with Gasteiger partial charge in [-0.15, -0.1) is 0 Å². The van der Waals surface area contributed by atoms with Crippen LogP contribution in [0.4, 0.5) is 0 Å². The molecule has 2 aromatic rings. The van der Waals surface area contributed by atoms with Crippen LogP contribution in [0.2, 0.25) is 0 Å². The lowest BCUT2D eigenvalue weighted by Crippen LogP contribution is -2.25. The molecule has 0 bridgehead atoms. The second-order valence-corrected chi connectivity index (χ2v) is 5.87. The van der Waals surface area contributed by atoms with Gasteiger partial charge in [0.15, 0.2) is 0 Å². The van der Waals surface area contributed by atoms with Gasteiger partial charge < -0.3 is 4.74 Å². The highest BCUT2D eigenvalue weighted by molar-refractivity contribution is 5.84. The first-order chi connectivity index (χ1) is 10.1. The largest absolute Gasteiger partial charge is 0.474 e. The molecule has 0 fully saturated rings. The van der Waals surface area contributed by atoms with Gasteiger partial charge in [-0.2, -0.15) is 5.10 Å². The van der Waals surface area contributed by atoms with Crippen LogP contribution in [-0.2, 0) is 13.5 Å². The summed E-state index contributed by atoms with van der Waals surface area (Å²) >= 11 is 0. The fourth-order valence-corrected chi connectivity index (χ4v) is 2.80. The highest BCUT2D eigenvalue weighted by Gasteiger charge is 2.25. The number of rotatable bonds is 4. The Bertz CT molecular complexity index is 689. The topological polar surface area (TPSA) is 52.3 Å². The third-order valence-electron chi connectivity index (χ3n) is 4.11. The molecule has 0 saturated carbocycles. The first-order valence-electron chi connectivity index (χ1n) is 7.56. The molecule has 2 atom stereocenters. The van der Waals surface area contributed by atoms with Crippen LogP contribution in [0, 0.1) is 5.92 Å². The summed E-state index contributed by atoms with van der Waals surface area (Å²) in [5.74, 6) is 1.15. The van der Waals surface area contributed by atoms with E-state index in [1.54, 1.807) is 0 Å². The number of nitrogens with zero attached hydrogens (tertiary/aromatic N) is 4. The zero-order valence-corrected chi connectivity index (χ0v) is 13.1. The van der Waals surface area contributed by atoms with Crippen molar-refractivity contribution in [3.8, 4) is 5.88 Å². The van der Waals surface area contributed by atoms with Crippen molar-refractivity contribution in [2.24, 2.45) is 18.0 Å². The maximum Gasteiger partial charge on any atom is 0.225 e. The SMILES string of the molecule is CCc1cc2nn(C)cc2c(OC(C)C2CN=C(C)C2)n1. The molecule has 5 nitrogen and oxygen atoms in total. The van der Waals surface area contributed by atoms with E-state index >= 15 is 0 Å². The first-order valence-corrected chi connectivity index (χ1v) is 7.56. The summed E-state index contributed by atoms with van der Waals surface area (Å²) in [5.41, 5.74) is 3.19. The van der Waals surface area contributed by atoms with E-state index in [1.807, 2.05) is 24.0 Å². The Labute approximate surface area is 125 Å². The molecular weight excluding hydrogens is 264 g/mol. The van der Waals surface area contributed by atoms with Crippen molar-refractivity contribution in [3.05, 3.63) is 18.0 Å². The van der Waals surface area contributed by atoms with Gasteiger partial charge in [-0.1, -0.05) is 6.92 Å². The van der Waals surface area contributed by atoms with Gasteiger partial charge >= 0.3 is 0 Å². The second-order valence-electron chi connectivity index (χ2n) is 5.87. The molecule has 21 heavy (non-hydrogen) atoms. The van der Waals surface area contributed by atoms with Crippen molar-refractivity contribution in [2.45, 2.75) is 39.7 Å². The van der Waals surface area contributed by atoms with E-state index in [2.05, 4.69) is 35.8 Å².